The molecule has 1 aromatic heterocycles. The van der Waals surface area contributed by atoms with E-state index in [0.717, 1.165) is 0 Å². The molecular formula is C25H19FN4O4. The van der Waals surface area contributed by atoms with E-state index in [0.29, 0.717) is 17.3 Å². The highest BCUT2D eigenvalue weighted by Gasteiger charge is 2.15. The minimum atomic E-state index is -0.561. The molecule has 34 heavy (non-hydrogen) atoms. The molecule has 0 spiro atoms. The smallest absolute Gasteiger partial charge is 0.262 e. The molecule has 0 unspecified atom stereocenters. The maximum Gasteiger partial charge on any atom is 0.262 e. The van der Waals surface area contributed by atoms with Gasteiger partial charge in [-0.1, -0.05) is 30.3 Å². The summed E-state index contributed by atoms with van der Waals surface area (Å²) in [5.41, 5.74) is 0.755. The summed E-state index contributed by atoms with van der Waals surface area (Å²) in [5, 5.41) is 5.21. The summed E-state index contributed by atoms with van der Waals surface area (Å²) in [6, 6.07) is 19.1. The van der Waals surface area contributed by atoms with Gasteiger partial charge in [0.15, 0.2) is 6.61 Å². The predicted molar refractivity (Wildman–Crippen MR) is 123 cm³/mol. The molecule has 1 heterocycles. The van der Waals surface area contributed by atoms with E-state index in [4.69, 9.17) is 9.47 Å². The Morgan fingerprint density at radius 1 is 0.912 bits per heavy atom. The monoisotopic (exact) mass is 458 g/mol. The van der Waals surface area contributed by atoms with Crippen molar-refractivity contribution in [3.05, 3.63) is 103 Å². The molecule has 9 heteroatoms. The molecular weight excluding hydrogens is 439 g/mol. The van der Waals surface area contributed by atoms with Crippen molar-refractivity contribution in [2.45, 2.75) is 0 Å². The van der Waals surface area contributed by atoms with Crippen LogP contribution in [0.3, 0.4) is 0 Å². The Morgan fingerprint density at radius 2 is 1.74 bits per heavy atom. The lowest BCUT2D eigenvalue weighted by atomic mass is 10.2. The number of amides is 2. The van der Waals surface area contributed by atoms with Crippen molar-refractivity contribution in [3.8, 4) is 17.4 Å². The van der Waals surface area contributed by atoms with Gasteiger partial charge in [0, 0.05) is 24.1 Å². The SMILES string of the molecule is O=C(COc1ccccc1C(=O)Nc1cccc(Oc2cnccn2)c1)Nc1ccccc1F. The molecule has 0 aliphatic heterocycles. The number of ether oxygens (including phenoxy) is 2. The molecule has 4 rings (SSSR count). The van der Waals surface area contributed by atoms with Gasteiger partial charge < -0.3 is 20.1 Å². The summed E-state index contributed by atoms with van der Waals surface area (Å²) in [5.74, 6) is -0.571. The maximum atomic E-state index is 13.7. The molecule has 2 amide bonds. The standard InChI is InChI=1S/C25H19FN4O4/c26-20-9-2-3-10-21(20)30-23(31)16-33-22-11-4-1-8-19(22)25(32)29-17-6-5-7-18(14-17)34-24-15-27-12-13-28-24/h1-15H,16H2,(H,29,32)(H,30,31). The van der Waals surface area contributed by atoms with Gasteiger partial charge in [-0.3, -0.25) is 14.6 Å². The number of rotatable bonds is 8. The van der Waals surface area contributed by atoms with Crippen LogP contribution >= 0.6 is 0 Å². The van der Waals surface area contributed by atoms with E-state index in [-0.39, 0.29) is 17.0 Å². The lowest BCUT2D eigenvalue weighted by Gasteiger charge is -2.12. The Labute approximate surface area is 194 Å². The van der Waals surface area contributed by atoms with Crippen LogP contribution in [0.15, 0.2) is 91.4 Å². The number of para-hydroxylation sites is 2. The fraction of sp³-hybridized carbons (Fsp3) is 0.0400. The molecule has 0 saturated carbocycles. The molecule has 0 fully saturated rings. The summed E-state index contributed by atoms with van der Waals surface area (Å²) < 4.78 is 24.9. The molecule has 0 aliphatic carbocycles. The van der Waals surface area contributed by atoms with Crippen molar-refractivity contribution >= 4 is 23.2 Å². The summed E-state index contributed by atoms with van der Waals surface area (Å²) in [4.78, 5) is 33.0. The lowest BCUT2D eigenvalue weighted by molar-refractivity contribution is -0.118. The molecule has 0 bridgehead atoms. The third-order valence-corrected chi connectivity index (χ3v) is 4.49. The molecule has 0 saturated heterocycles. The highest BCUT2D eigenvalue weighted by molar-refractivity contribution is 6.06. The second-order valence-electron chi connectivity index (χ2n) is 6.94. The minimum absolute atomic E-state index is 0.0470. The van der Waals surface area contributed by atoms with Crippen LogP contribution in [0, 0.1) is 5.82 Å². The number of carbonyl (C=O) groups excluding carboxylic acids is 2. The number of nitrogens with zero attached hydrogens (tertiary/aromatic N) is 2. The fourth-order valence-electron chi connectivity index (χ4n) is 2.97. The summed E-state index contributed by atoms with van der Waals surface area (Å²) in [6.45, 7) is -0.403. The highest BCUT2D eigenvalue weighted by atomic mass is 19.1. The number of carbonyl (C=O) groups is 2. The molecule has 170 valence electrons. The van der Waals surface area contributed by atoms with Gasteiger partial charge in [-0.15, -0.1) is 0 Å². The van der Waals surface area contributed by atoms with E-state index >= 15 is 0 Å². The fourth-order valence-corrected chi connectivity index (χ4v) is 2.97. The van der Waals surface area contributed by atoms with Crippen molar-refractivity contribution in [2.24, 2.45) is 0 Å². The number of nitrogens with one attached hydrogen (secondary N) is 2. The van der Waals surface area contributed by atoms with Crippen LogP contribution in [-0.2, 0) is 4.79 Å². The zero-order chi connectivity index (χ0) is 23.8. The largest absolute Gasteiger partial charge is 0.483 e. The van der Waals surface area contributed by atoms with E-state index < -0.39 is 24.2 Å². The Balaban J connectivity index is 1.40. The second-order valence-corrected chi connectivity index (χ2v) is 6.94. The molecule has 0 aliphatic rings. The van der Waals surface area contributed by atoms with Crippen LogP contribution in [0.25, 0.3) is 0 Å². The van der Waals surface area contributed by atoms with E-state index in [1.807, 2.05) is 0 Å². The Kier molecular flexibility index (Phi) is 7.04. The van der Waals surface area contributed by atoms with Gasteiger partial charge in [-0.2, -0.15) is 0 Å². The van der Waals surface area contributed by atoms with Crippen molar-refractivity contribution in [2.75, 3.05) is 17.2 Å². The molecule has 3 aromatic carbocycles. The highest BCUT2D eigenvalue weighted by Crippen LogP contribution is 2.24. The van der Waals surface area contributed by atoms with Crippen molar-refractivity contribution < 1.29 is 23.5 Å². The van der Waals surface area contributed by atoms with Gasteiger partial charge >= 0.3 is 0 Å². The Hall–Kier alpha value is -4.79. The molecule has 4 aromatic rings. The Morgan fingerprint density at radius 3 is 2.56 bits per heavy atom. The summed E-state index contributed by atoms with van der Waals surface area (Å²) >= 11 is 0. The van der Waals surface area contributed by atoms with Crippen LogP contribution < -0.4 is 20.1 Å². The quantitative estimate of drug-likeness (QED) is 0.398. The maximum absolute atomic E-state index is 13.7. The van der Waals surface area contributed by atoms with Crippen molar-refractivity contribution in [1.82, 2.24) is 9.97 Å². The van der Waals surface area contributed by atoms with E-state index in [1.54, 1.807) is 54.6 Å². The van der Waals surface area contributed by atoms with Crippen LogP contribution in [0.4, 0.5) is 15.8 Å². The van der Waals surface area contributed by atoms with Crippen LogP contribution in [0.1, 0.15) is 10.4 Å². The lowest BCUT2D eigenvalue weighted by Crippen LogP contribution is -2.22. The molecule has 2 N–H and O–H groups in total. The number of hydrogen-bond acceptors (Lipinski definition) is 6. The Bertz CT molecular complexity index is 1300. The van der Waals surface area contributed by atoms with Crippen LogP contribution in [-0.4, -0.2) is 28.4 Å². The van der Waals surface area contributed by atoms with Gasteiger partial charge in [0.1, 0.15) is 17.3 Å². The zero-order valence-corrected chi connectivity index (χ0v) is 17.8. The van der Waals surface area contributed by atoms with Crippen LogP contribution in [0.2, 0.25) is 0 Å². The third kappa shape index (κ3) is 5.92. The van der Waals surface area contributed by atoms with E-state index in [9.17, 15) is 14.0 Å². The average molecular weight is 458 g/mol. The zero-order valence-electron chi connectivity index (χ0n) is 17.8. The molecule has 8 nitrogen and oxygen atoms in total. The van der Waals surface area contributed by atoms with Crippen molar-refractivity contribution in [1.29, 1.82) is 0 Å². The number of anilines is 2. The van der Waals surface area contributed by atoms with Crippen LogP contribution in [0.5, 0.6) is 17.4 Å². The minimum Gasteiger partial charge on any atom is -0.483 e. The number of hydrogen-bond donors (Lipinski definition) is 2. The van der Waals surface area contributed by atoms with Gasteiger partial charge in [-0.25, -0.2) is 9.37 Å². The topological polar surface area (TPSA) is 102 Å². The summed E-state index contributed by atoms with van der Waals surface area (Å²) in [7, 11) is 0. The van der Waals surface area contributed by atoms with Gasteiger partial charge in [0.25, 0.3) is 11.8 Å². The van der Waals surface area contributed by atoms with E-state index in [1.165, 1.54) is 36.8 Å². The average Bonchev–Trinajstić information content (AvgIpc) is 2.85. The van der Waals surface area contributed by atoms with E-state index in [2.05, 4.69) is 20.6 Å². The third-order valence-electron chi connectivity index (χ3n) is 4.49. The first-order valence-corrected chi connectivity index (χ1v) is 10.2. The van der Waals surface area contributed by atoms with Gasteiger partial charge in [0.2, 0.25) is 5.88 Å². The normalized spacial score (nSPS) is 10.3. The molecule has 0 radical (unpaired) electrons. The predicted octanol–water partition coefficient (Wildman–Crippen LogP) is 4.68. The number of benzene rings is 3. The number of aromatic nitrogens is 2. The first-order valence-electron chi connectivity index (χ1n) is 10.2. The first-order chi connectivity index (χ1) is 16.6. The van der Waals surface area contributed by atoms with Crippen molar-refractivity contribution in [3.63, 3.8) is 0 Å². The second kappa shape index (κ2) is 10.7. The van der Waals surface area contributed by atoms with Gasteiger partial charge in [-0.05, 0) is 36.4 Å². The first kappa shape index (κ1) is 22.4. The van der Waals surface area contributed by atoms with Gasteiger partial charge in [0.05, 0.1) is 17.4 Å². The molecule has 0 atom stereocenters. The number of halogens is 1. The summed E-state index contributed by atoms with van der Waals surface area (Å²) in [6.07, 6.45) is 4.52.